The number of carboxylic acid groups (broad SMARTS) is 1. The number of hydrogen-bond acceptors (Lipinski definition) is 4. The lowest BCUT2D eigenvalue weighted by Crippen LogP contribution is -2.23. The van der Waals surface area contributed by atoms with Crippen LogP contribution in [0.3, 0.4) is 0 Å². The highest BCUT2D eigenvalue weighted by Crippen LogP contribution is 2.15. The van der Waals surface area contributed by atoms with E-state index in [1.807, 2.05) is 0 Å². The molecule has 3 N–H and O–H groups in total. The highest BCUT2D eigenvalue weighted by atomic mass is 32.2. The standard InChI is InChI=1S/C10H15N3O4S/c1-3-18(16,17)13-9-8(6-12-10(14)15)4-7(2)5-11-9/h4-5,12H,3,6H2,1-2H3,(H,11,13)(H,14,15). The molecule has 0 aliphatic rings. The van der Waals surface area contributed by atoms with Crippen LogP contribution in [0.1, 0.15) is 18.1 Å². The van der Waals surface area contributed by atoms with Crippen molar-refractivity contribution in [2.24, 2.45) is 0 Å². The number of aromatic nitrogens is 1. The van der Waals surface area contributed by atoms with Crippen molar-refractivity contribution in [1.29, 1.82) is 0 Å². The zero-order valence-electron chi connectivity index (χ0n) is 10.1. The highest BCUT2D eigenvalue weighted by molar-refractivity contribution is 7.92. The number of nitrogens with one attached hydrogen (secondary N) is 2. The van der Waals surface area contributed by atoms with Gasteiger partial charge in [0.15, 0.2) is 0 Å². The minimum absolute atomic E-state index is 0.00835. The lowest BCUT2D eigenvalue weighted by molar-refractivity contribution is 0.194. The number of carbonyl (C=O) groups is 1. The molecule has 1 heterocycles. The summed E-state index contributed by atoms with van der Waals surface area (Å²) in [4.78, 5) is 14.4. The third-order valence-corrected chi connectivity index (χ3v) is 3.43. The lowest BCUT2D eigenvalue weighted by Gasteiger charge is -2.11. The third kappa shape index (κ3) is 4.21. The van der Waals surface area contributed by atoms with Crippen LogP contribution < -0.4 is 10.0 Å². The Morgan fingerprint density at radius 3 is 2.72 bits per heavy atom. The van der Waals surface area contributed by atoms with Crippen LogP contribution >= 0.6 is 0 Å². The summed E-state index contributed by atoms with van der Waals surface area (Å²) in [5.74, 6) is 0.0742. The highest BCUT2D eigenvalue weighted by Gasteiger charge is 2.12. The molecule has 8 heteroatoms. The summed E-state index contributed by atoms with van der Waals surface area (Å²) in [7, 11) is -3.43. The minimum Gasteiger partial charge on any atom is -0.465 e. The molecule has 0 aliphatic heterocycles. The molecule has 0 radical (unpaired) electrons. The molecule has 1 amide bonds. The first-order valence-corrected chi connectivity index (χ1v) is 6.92. The quantitative estimate of drug-likeness (QED) is 0.739. The Bertz CT molecular complexity index is 542. The van der Waals surface area contributed by atoms with Crippen LogP contribution in [-0.4, -0.2) is 30.4 Å². The van der Waals surface area contributed by atoms with Crippen molar-refractivity contribution in [1.82, 2.24) is 10.3 Å². The van der Waals surface area contributed by atoms with Gasteiger partial charge in [-0.05, 0) is 25.5 Å². The number of sulfonamides is 1. The number of rotatable bonds is 5. The molecule has 7 nitrogen and oxygen atoms in total. The normalized spacial score (nSPS) is 11.0. The van der Waals surface area contributed by atoms with E-state index in [2.05, 4.69) is 15.0 Å². The van der Waals surface area contributed by atoms with E-state index in [0.29, 0.717) is 5.56 Å². The SMILES string of the molecule is CCS(=O)(=O)Nc1ncc(C)cc1CNC(=O)O. The number of amides is 1. The lowest BCUT2D eigenvalue weighted by atomic mass is 10.2. The van der Waals surface area contributed by atoms with E-state index in [0.717, 1.165) is 5.56 Å². The molecule has 0 spiro atoms. The number of aryl methyl sites for hydroxylation is 1. The van der Waals surface area contributed by atoms with Gasteiger partial charge in [0.2, 0.25) is 10.0 Å². The first kappa shape index (κ1) is 14.2. The molecular weight excluding hydrogens is 258 g/mol. The fourth-order valence-electron chi connectivity index (χ4n) is 1.25. The summed E-state index contributed by atoms with van der Waals surface area (Å²) in [6.07, 6.45) is 0.332. The topological polar surface area (TPSA) is 108 Å². The number of nitrogens with zero attached hydrogens (tertiary/aromatic N) is 1. The molecular formula is C10H15N3O4S. The molecule has 18 heavy (non-hydrogen) atoms. The number of pyridine rings is 1. The third-order valence-electron chi connectivity index (χ3n) is 2.17. The van der Waals surface area contributed by atoms with Crippen LogP contribution in [0.4, 0.5) is 10.6 Å². The minimum atomic E-state index is -3.43. The Morgan fingerprint density at radius 1 is 1.50 bits per heavy atom. The van der Waals surface area contributed by atoms with Gasteiger partial charge in [-0.1, -0.05) is 0 Å². The van der Waals surface area contributed by atoms with Crippen molar-refractivity contribution in [2.45, 2.75) is 20.4 Å². The van der Waals surface area contributed by atoms with Gasteiger partial charge >= 0.3 is 6.09 Å². The van der Waals surface area contributed by atoms with Gasteiger partial charge in [0.25, 0.3) is 0 Å². The fourth-order valence-corrected chi connectivity index (χ4v) is 1.87. The van der Waals surface area contributed by atoms with Crippen molar-refractivity contribution < 1.29 is 18.3 Å². The Kier molecular flexibility index (Phi) is 4.49. The average molecular weight is 273 g/mol. The summed E-state index contributed by atoms with van der Waals surface area (Å²) >= 11 is 0. The van der Waals surface area contributed by atoms with Crippen LogP contribution in [-0.2, 0) is 16.6 Å². The smallest absolute Gasteiger partial charge is 0.404 e. The largest absolute Gasteiger partial charge is 0.465 e. The number of anilines is 1. The molecule has 100 valence electrons. The monoisotopic (exact) mass is 273 g/mol. The average Bonchev–Trinajstić information content (AvgIpc) is 2.29. The zero-order chi connectivity index (χ0) is 13.8. The van der Waals surface area contributed by atoms with Crippen LogP contribution in [0.15, 0.2) is 12.3 Å². The summed E-state index contributed by atoms with van der Waals surface area (Å²) < 4.78 is 25.2. The molecule has 0 aromatic carbocycles. The maximum absolute atomic E-state index is 11.5. The van der Waals surface area contributed by atoms with Crippen molar-refractivity contribution in [3.05, 3.63) is 23.4 Å². The second-order valence-corrected chi connectivity index (χ2v) is 5.70. The predicted molar refractivity (Wildman–Crippen MR) is 66.9 cm³/mol. The Balaban J connectivity index is 2.99. The number of hydrogen-bond donors (Lipinski definition) is 3. The molecule has 0 bridgehead atoms. The van der Waals surface area contributed by atoms with Gasteiger partial charge < -0.3 is 10.4 Å². The molecule has 0 aliphatic carbocycles. The van der Waals surface area contributed by atoms with Gasteiger partial charge in [-0.3, -0.25) is 4.72 Å². The Labute approximate surface area is 105 Å². The molecule has 1 rings (SSSR count). The molecule has 0 unspecified atom stereocenters. The molecule has 1 aromatic heterocycles. The second kappa shape index (κ2) is 5.67. The van der Waals surface area contributed by atoms with E-state index in [1.165, 1.54) is 13.1 Å². The van der Waals surface area contributed by atoms with Crippen LogP contribution in [0.2, 0.25) is 0 Å². The molecule has 0 fully saturated rings. The van der Waals surface area contributed by atoms with E-state index in [-0.39, 0.29) is 18.1 Å². The van der Waals surface area contributed by atoms with Gasteiger partial charge in [-0.15, -0.1) is 0 Å². The van der Waals surface area contributed by atoms with Crippen LogP contribution in [0, 0.1) is 6.92 Å². The zero-order valence-corrected chi connectivity index (χ0v) is 10.9. The van der Waals surface area contributed by atoms with E-state index < -0.39 is 16.1 Å². The maximum atomic E-state index is 11.5. The molecule has 0 atom stereocenters. The van der Waals surface area contributed by atoms with E-state index in [9.17, 15) is 13.2 Å². The maximum Gasteiger partial charge on any atom is 0.404 e. The van der Waals surface area contributed by atoms with E-state index in [1.54, 1.807) is 13.0 Å². The summed E-state index contributed by atoms with van der Waals surface area (Å²) in [5.41, 5.74) is 1.30. The van der Waals surface area contributed by atoms with Gasteiger partial charge in [0.1, 0.15) is 5.82 Å². The van der Waals surface area contributed by atoms with Crippen molar-refractivity contribution in [2.75, 3.05) is 10.5 Å². The van der Waals surface area contributed by atoms with Gasteiger partial charge in [-0.25, -0.2) is 18.2 Å². The Hall–Kier alpha value is -1.83. The molecule has 0 saturated heterocycles. The van der Waals surface area contributed by atoms with Gasteiger partial charge in [0.05, 0.1) is 5.75 Å². The van der Waals surface area contributed by atoms with Crippen molar-refractivity contribution in [3.63, 3.8) is 0 Å². The first-order valence-electron chi connectivity index (χ1n) is 5.27. The van der Waals surface area contributed by atoms with E-state index >= 15 is 0 Å². The van der Waals surface area contributed by atoms with Crippen molar-refractivity contribution in [3.8, 4) is 0 Å². The molecule has 1 aromatic rings. The fraction of sp³-hybridized carbons (Fsp3) is 0.400. The van der Waals surface area contributed by atoms with Crippen LogP contribution in [0.5, 0.6) is 0 Å². The summed E-state index contributed by atoms with van der Waals surface area (Å²) in [6, 6.07) is 1.68. The van der Waals surface area contributed by atoms with Crippen molar-refractivity contribution >= 4 is 21.9 Å². The second-order valence-electron chi connectivity index (χ2n) is 3.68. The Morgan fingerprint density at radius 2 is 2.17 bits per heavy atom. The summed E-state index contributed by atoms with van der Waals surface area (Å²) in [6.45, 7) is 3.28. The van der Waals surface area contributed by atoms with Gasteiger partial charge in [-0.2, -0.15) is 0 Å². The first-order chi connectivity index (χ1) is 8.34. The van der Waals surface area contributed by atoms with Gasteiger partial charge in [0, 0.05) is 18.3 Å². The summed E-state index contributed by atoms with van der Waals surface area (Å²) in [5, 5.41) is 10.7. The van der Waals surface area contributed by atoms with Crippen LogP contribution in [0.25, 0.3) is 0 Å². The molecule has 0 saturated carbocycles. The van der Waals surface area contributed by atoms with E-state index in [4.69, 9.17) is 5.11 Å². The predicted octanol–water partition coefficient (Wildman–Crippen LogP) is 0.919.